The number of aliphatic hydroxyl groups excluding tert-OH is 1. The molecular weight excluding hydrogens is 278 g/mol. The van der Waals surface area contributed by atoms with Crippen molar-refractivity contribution in [1.82, 2.24) is 4.31 Å². The number of nitrogens with zero attached hydrogens (tertiary/aromatic N) is 1. The Kier molecular flexibility index (Phi) is 4.16. The van der Waals surface area contributed by atoms with Crippen molar-refractivity contribution in [2.24, 2.45) is 0 Å². The number of carboxylic acid groups (broad SMARTS) is 1. The highest BCUT2D eigenvalue weighted by Crippen LogP contribution is 2.27. The normalized spacial score (nSPS) is 12.9. The third kappa shape index (κ3) is 2.72. The van der Waals surface area contributed by atoms with Gasteiger partial charge in [0, 0.05) is 12.4 Å². The number of carbonyl (C=O) groups is 1. The van der Waals surface area contributed by atoms with Gasteiger partial charge >= 0.3 is 5.97 Å². The number of likely N-dealkylation sites (N-methyl/N-ethyl adjacent to an activating group) is 1. The van der Waals surface area contributed by atoms with Crippen LogP contribution in [0.5, 0.6) is 0 Å². The monoisotopic (exact) mass is 293 g/mol. The van der Waals surface area contributed by atoms with Crippen LogP contribution >= 0.6 is 11.3 Å². The van der Waals surface area contributed by atoms with Crippen LogP contribution in [0.2, 0.25) is 0 Å². The molecule has 0 aliphatic heterocycles. The Hall–Kier alpha value is -0.960. The molecule has 102 valence electrons. The maximum absolute atomic E-state index is 12.2. The maximum Gasteiger partial charge on any atom is 0.336 e. The Morgan fingerprint density at radius 1 is 1.50 bits per heavy atom. The average Bonchev–Trinajstić information content (AvgIpc) is 2.77. The molecule has 6 nitrogen and oxygen atoms in total. The molecule has 0 aliphatic carbocycles. The van der Waals surface area contributed by atoms with Crippen molar-refractivity contribution < 1.29 is 23.4 Å². The van der Waals surface area contributed by atoms with E-state index in [1.807, 2.05) is 0 Å². The minimum Gasteiger partial charge on any atom is -0.478 e. The summed E-state index contributed by atoms with van der Waals surface area (Å²) in [5.41, 5.74) is -1.01. The van der Waals surface area contributed by atoms with Crippen molar-refractivity contribution in [3.05, 3.63) is 17.0 Å². The van der Waals surface area contributed by atoms with Gasteiger partial charge in [-0.15, -0.1) is 11.3 Å². The van der Waals surface area contributed by atoms with Gasteiger partial charge in [0.1, 0.15) is 4.21 Å². The molecule has 0 bridgehead atoms. The van der Waals surface area contributed by atoms with E-state index in [0.29, 0.717) is 0 Å². The highest BCUT2D eigenvalue weighted by molar-refractivity contribution is 7.91. The SMILES string of the molecule is CN(C(C)(C)CO)S(=O)(=O)c1cc(C(=O)O)cs1. The zero-order valence-electron chi connectivity index (χ0n) is 10.2. The first-order chi connectivity index (χ1) is 8.13. The Morgan fingerprint density at radius 2 is 2.06 bits per heavy atom. The predicted octanol–water partition coefficient (Wildman–Crippen LogP) is 0.838. The summed E-state index contributed by atoms with van der Waals surface area (Å²) >= 11 is 0.848. The number of aromatic carboxylic acids is 1. The highest BCUT2D eigenvalue weighted by atomic mass is 32.2. The van der Waals surface area contributed by atoms with E-state index >= 15 is 0 Å². The molecule has 0 aromatic carbocycles. The quantitative estimate of drug-likeness (QED) is 0.838. The Balaban J connectivity index is 3.17. The van der Waals surface area contributed by atoms with Gasteiger partial charge in [-0.25, -0.2) is 13.2 Å². The highest BCUT2D eigenvalue weighted by Gasteiger charge is 2.34. The van der Waals surface area contributed by atoms with Crippen molar-refractivity contribution in [2.75, 3.05) is 13.7 Å². The Morgan fingerprint density at radius 3 is 2.44 bits per heavy atom. The van der Waals surface area contributed by atoms with Crippen LogP contribution in [-0.2, 0) is 10.0 Å². The molecule has 0 radical (unpaired) electrons. The van der Waals surface area contributed by atoms with Gasteiger partial charge in [-0.2, -0.15) is 4.31 Å². The number of hydrogen-bond acceptors (Lipinski definition) is 5. The van der Waals surface area contributed by atoms with Gasteiger partial charge in [-0.3, -0.25) is 0 Å². The lowest BCUT2D eigenvalue weighted by Gasteiger charge is -2.32. The Bertz CT molecular complexity index is 546. The average molecular weight is 293 g/mol. The van der Waals surface area contributed by atoms with Gasteiger partial charge in [-0.1, -0.05) is 0 Å². The van der Waals surface area contributed by atoms with Gasteiger partial charge in [0.15, 0.2) is 0 Å². The van der Waals surface area contributed by atoms with Gasteiger partial charge in [-0.05, 0) is 19.9 Å². The first-order valence-electron chi connectivity index (χ1n) is 5.04. The summed E-state index contributed by atoms with van der Waals surface area (Å²) in [6.45, 7) is 2.83. The topological polar surface area (TPSA) is 94.9 Å². The number of rotatable bonds is 5. The molecular formula is C10H15NO5S2. The molecule has 2 N–H and O–H groups in total. The molecule has 1 aromatic rings. The molecule has 0 fully saturated rings. The molecule has 18 heavy (non-hydrogen) atoms. The summed E-state index contributed by atoms with van der Waals surface area (Å²) in [5, 5.41) is 19.2. The van der Waals surface area contributed by atoms with Crippen LogP contribution in [0.15, 0.2) is 15.7 Å². The van der Waals surface area contributed by atoms with Crippen molar-refractivity contribution in [3.63, 3.8) is 0 Å². The third-order valence-corrected chi connectivity index (χ3v) is 6.16. The van der Waals surface area contributed by atoms with Crippen LogP contribution in [0.1, 0.15) is 24.2 Å². The van der Waals surface area contributed by atoms with Crippen LogP contribution in [0, 0.1) is 0 Å². The predicted molar refractivity (Wildman–Crippen MR) is 67.4 cm³/mol. The number of sulfonamides is 1. The van der Waals surface area contributed by atoms with Crippen LogP contribution in [0.4, 0.5) is 0 Å². The number of hydrogen-bond donors (Lipinski definition) is 2. The van der Waals surface area contributed by atoms with Gasteiger partial charge in [0.05, 0.1) is 17.7 Å². The lowest BCUT2D eigenvalue weighted by atomic mass is 10.1. The lowest BCUT2D eigenvalue weighted by Crippen LogP contribution is -2.47. The fourth-order valence-electron chi connectivity index (χ4n) is 1.12. The maximum atomic E-state index is 12.2. The molecule has 0 amide bonds. The minimum atomic E-state index is -3.79. The summed E-state index contributed by atoms with van der Waals surface area (Å²) in [5.74, 6) is -1.17. The van der Waals surface area contributed by atoms with Crippen LogP contribution in [0.3, 0.4) is 0 Å². The van der Waals surface area contributed by atoms with E-state index in [9.17, 15) is 18.3 Å². The molecule has 8 heteroatoms. The van der Waals surface area contributed by atoms with E-state index in [-0.39, 0.29) is 16.4 Å². The van der Waals surface area contributed by atoms with Crippen LogP contribution < -0.4 is 0 Å². The second-order valence-corrected chi connectivity index (χ2v) is 7.51. The zero-order valence-corrected chi connectivity index (χ0v) is 11.9. The van der Waals surface area contributed by atoms with Crippen molar-refractivity contribution in [2.45, 2.75) is 23.6 Å². The van der Waals surface area contributed by atoms with Crippen molar-refractivity contribution >= 4 is 27.3 Å². The summed E-state index contributed by atoms with van der Waals surface area (Å²) < 4.78 is 25.4. The first kappa shape index (κ1) is 15.1. The summed E-state index contributed by atoms with van der Waals surface area (Å²) in [7, 11) is -2.44. The van der Waals surface area contributed by atoms with E-state index in [1.165, 1.54) is 12.4 Å². The van der Waals surface area contributed by atoms with E-state index in [4.69, 9.17) is 5.11 Å². The molecule has 1 rings (SSSR count). The fraction of sp³-hybridized carbons (Fsp3) is 0.500. The molecule has 0 unspecified atom stereocenters. The van der Waals surface area contributed by atoms with Crippen molar-refractivity contribution in [3.8, 4) is 0 Å². The number of carboxylic acids is 1. The number of aliphatic hydroxyl groups is 1. The van der Waals surface area contributed by atoms with Crippen LogP contribution in [0.25, 0.3) is 0 Å². The smallest absolute Gasteiger partial charge is 0.336 e. The van der Waals surface area contributed by atoms with Gasteiger partial charge < -0.3 is 10.2 Å². The third-order valence-electron chi connectivity index (χ3n) is 2.68. The summed E-state index contributed by atoms with van der Waals surface area (Å²) in [6, 6.07) is 1.12. The molecule has 0 saturated carbocycles. The van der Waals surface area contributed by atoms with Crippen LogP contribution in [-0.4, -0.2) is 48.1 Å². The van der Waals surface area contributed by atoms with E-state index in [1.54, 1.807) is 13.8 Å². The minimum absolute atomic E-state index is 0.0519. The second kappa shape index (κ2) is 4.96. The Labute approximate surface area is 110 Å². The van der Waals surface area contributed by atoms with E-state index < -0.39 is 21.5 Å². The molecule has 0 spiro atoms. The molecule has 0 aliphatic rings. The van der Waals surface area contributed by atoms with E-state index in [2.05, 4.69) is 0 Å². The van der Waals surface area contributed by atoms with Gasteiger partial charge in [0.2, 0.25) is 0 Å². The fourth-order valence-corrected chi connectivity index (χ4v) is 3.95. The molecule has 1 heterocycles. The first-order valence-corrected chi connectivity index (χ1v) is 7.36. The lowest BCUT2D eigenvalue weighted by molar-refractivity contribution is 0.0697. The molecule has 1 aromatic heterocycles. The van der Waals surface area contributed by atoms with E-state index in [0.717, 1.165) is 21.7 Å². The molecule has 0 atom stereocenters. The molecule has 0 saturated heterocycles. The summed E-state index contributed by atoms with van der Waals surface area (Å²) in [6.07, 6.45) is 0. The van der Waals surface area contributed by atoms with Gasteiger partial charge in [0.25, 0.3) is 10.0 Å². The second-order valence-electron chi connectivity index (χ2n) is 4.40. The zero-order chi connectivity index (χ0) is 14.1. The summed E-state index contributed by atoms with van der Waals surface area (Å²) in [4.78, 5) is 10.7. The standard InChI is InChI=1S/C10H15NO5S2/c1-10(2,6-12)11(3)18(15,16)8-4-7(5-17-8)9(13)14/h4-5,12H,6H2,1-3H3,(H,13,14). The van der Waals surface area contributed by atoms with Crippen molar-refractivity contribution in [1.29, 1.82) is 0 Å². The largest absolute Gasteiger partial charge is 0.478 e. The number of thiophene rings is 1.